The van der Waals surface area contributed by atoms with Gasteiger partial charge in [0.1, 0.15) is 18.5 Å². The SMILES string of the molecule is C=C(C)[C@@H]1CC[C@](C)(S[PH](=S)O[C@H]2C[C@H](n3cc(C)c(=O)[nH]c3=O)O[C@@H]2CO[Si](C)(C)C(C)(C)C)[C@@H](O)C1. The first kappa shape index (κ1) is 32.0. The maximum absolute atomic E-state index is 12.6. The fourth-order valence-electron chi connectivity index (χ4n) is 4.62. The topological polar surface area (TPSA) is 103 Å². The maximum Gasteiger partial charge on any atom is 0.330 e. The van der Waals surface area contributed by atoms with Gasteiger partial charge < -0.3 is 18.8 Å². The molecule has 1 aromatic rings. The Morgan fingerprint density at radius 1 is 1.39 bits per heavy atom. The van der Waals surface area contributed by atoms with E-state index in [0.717, 1.165) is 18.4 Å². The van der Waals surface area contributed by atoms with Crippen molar-refractivity contribution in [3.63, 3.8) is 0 Å². The van der Waals surface area contributed by atoms with Crippen molar-refractivity contribution in [2.45, 2.75) is 115 Å². The first-order chi connectivity index (χ1) is 17.4. The van der Waals surface area contributed by atoms with E-state index in [1.165, 1.54) is 10.8 Å². The van der Waals surface area contributed by atoms with Crippen molar-refractivity contribution in [2.24, 2.45) is 5.92 Å². The summed E-state index contributed by atoms with van der Waals surface area (Å²) < 4.78 is 20.3. The highest BCUT2D eigenvalue weighted by Crippen LogP contribution is 2.56. The zero-order valence-electron chi connectivity index (χ0n) is 24.0. The third-order valence-corrected chi connectivity index (χ3v) is 17.8. The van der Waals surface area contributed by atoms with E-state index in [1.54, 1.807) is 18.3 Å². The summed E-state index contributed by atoms with van der Waals surface area (Å²) in [4.78, 5) is 26.9. The largest absolute Gasteiger partial charge is 0.414 e. The average molecular weight is 605 g/mol. The van der Waals surface area contributed by atoms with Gasteiger partial charge in [-0.1, -0.05) is 56.1 Å². The Kier molecular flexibility index (Phi) is 10.2. The number of hydrogen-bond acceptors (Lipinski definition) is 8. The Labute approximate surface area is 237 Å². The molecular weight excluding hydrogens is 559 g/mol. The van der Waals surface area contributed by atoms with Crippen molar-refractivity contribution in [1.29, 1.82) is 0 Å². The number of nitrogens with one attached hydrogen (secondary N) is 1. The number of rotatable bonds is 9. The van der Waals surface area contributed by atoms with Crippen LogP contribution in [0.15, 0.2) is 27.9 Å². The zero-order valence-corrected chi connectivity index (χ0v) is 27.6. The quantitative estimate of drug-likeness (QED) is 0.223. The van der Waals surface area contributed by atoms with Crippen LogP contribution in [0.25, 0.3) is 0 Å². The molecule has 1 saturated carbocycles. The van der Waals surface area contributed by atoms with Gasteiger partial charge in [0.05, 0.1) is 18.8 Å². The third kappa shape index (κ3) is 7.40. The molecule has 0 radical (unpaired) electrons. The molecule has 0 amide bonds. The molecule has 1 aromatic heterocycles. The van der Waals surface area contributed by atoms with Crippen LogP contribution >= 0.6 is 17.5 Å². The summed E-state index contributed by atoms with van der Waals surface area (Å²) in [5.74, 6) is 0.334. The standard InChI is InChI=1S/C26H45N2O6PS2Si/c1-16(2)18-10-11-26(7,21(29)12-18)37-35(36)34-19-13-22(28-14-17(3)23(30)27-24(28)31)33-20(19)15-32-38(8,9)25(4,5)6/h14,18-22,29,35H,1,10-13,15H2,2-9H3,(H,27,30,31)/t18-,19+,20-,21+,22-,26+/m1/s1. The summed E-state index contributed by atoms with van der Waals surface area (Å²) >= 11 is 7.44. The molecule has 0 spiro atoms. The summed E-state index contributed by atoms with van der Waals surface area (Å²) in [6.45, 7) is 21.1. The molecule has 2 aliphatic rings. The van der Waals surface area contributed by atoms with Crippen LogP contribution in [0.5, 0.6) is 0 Å². The summed E-state index contributed by atoms with van der Waals surface area (Å²) in [5, 5.41) is 11.0. The average Bonchev–Trinajstić information content (AvgIpc) is 3.18. The number of allylic oxidation sites excluding steroid dienone is 1. The van der Waals surface area contributed by atoms with Gasteiger partial charge in [0.15, 0.2) is 8.32 Å². The van der Waals surface area contributed by atoms with Crippen molar-refractivity contribution >= 4 is 37.6 Å². The highest BCUT2D eigenvalue weighted by atomic mass is 32.9. The second-order valence-corrected chi connectivity index (χ2v) is 22.9. The minimum Gasteiger partial charge on any atom is -0.414 e. The normalized spacial score (nSPS) is 31.3. The molecule has 0 bridgehead atoms. The lowest BCUT2D eigenvalue weighted by Gasteiger charge is -2.41. The molecule has 216 valence electrons. The lowest BCUT2D eigenvalue weighted by Crippen LogP contribution is -2.44. The number of aromatic nitrogens is 2. The van der Waals surface area contributed by atoms with E-state index in [0.29, 0.717) is 30.9 Å². The van der Waals surface area contributed by atoms with Crippen LogP contribution in [-0.4, -0.2) is 52.6 Å². The first-order valence-electron chi connectivity index (χ1n) is 13.3. The Balaban J connectivity index is 1.77. The number of aromatic amines is 1. The van der Waals surface area contributed by atoms with Crippen LogP contribution < -0.4 is 11.2 Å². The van der Waals surface area contributed by atoms with Crippen molar-refractivity contribution in [1.82, 2.24) is 9.55 Å². The molecule has 38 heavy (non-hydrogen) atoms. The van der Waals surface area contributed by atoms with Crippen LogP contribution in [0.2, 0.25) is 18.1 Å². The van der Waals surface area contributed by atoms with Crippen molar-refractivity contribution in [3.8, 4) is 0 Å². The molecule has 2 N–H and O–H groups in total. The predicted octanol–water partition coefficient (Wildman–Crippen LogP) is 5.27. The van der Waals surface area contributed by atoms with Crippen LogP contribution in [0.3, 0.4) is 0 Å². The molecule has 12 heteroatoms. The molecule has 1 unspecified atom stereocenters. The number of ether oxygens (including phenoxy) is 1. The molecular formula is C26H45N2O6PS2Si. The van der Waals surface area contributed by atoms with Crippen LogP contribution in [0, 0.1) is 12.8 Å². The Morgan fingerprint density at radius 2 is 2.05 bits per heavy atom. The van der Waals surface area contributed by atoms with Gasteiger partial charge in [0.2, 0.25) is 0 Å². The molecule has 2 fully saturated rings. The molecule has 1 aliphatic heterocycles. The molecule has 2 heterocycles. The van der Waals surface area contributed by atoms with Gasteiger partial charge in [-0.15, -0.1) is 0 Å². The van der Waals surface area contributed by atoms with E-state index in [2.05, 4.69) is 52.4 Å². The Hall–Kier alpha value is -0.523. The van der Waals surface area contributed by atoms with E-state index in [9.17, 15) is 14.7 Å². The van der Waals surface area contributed by atoms with Gasteiger partial charge in [-0.3, -0.25) is 14.3 Å². The highest BCUT2D eigenvalue weighted by molar-refractivity contribution is 8.63. The molecule has 0 aromatic carbocycles. The van der Waals surface area contributed by atoms with Gasteiger partial charge in [-0.2, -0.15) is 0 Å². The van der Waals surface area contributed by atoms with Crippen molar-refractivity contribution < 1.29 is 18.8 Å². The zero-order chi connectivity index (χ0) is 28.6. The minimum atomic E-state index is -2.06. The summed E-state index contributed by atoms with van der Waals surface area (Å²) in [6.07, 6.45) is 0.813. The lowest BCUT2D eigenvalue weighted by atomic mass is 9.77. The van der Waals surface area contributed by atoms with Crippen molar-refractivity contribution in [2.75, 3.05) is 6.61 Å². The monoisotopic (exact) mass is 604 g/mol. The Morgan fingerprint density at radius 3 is 2.63 bits per heavy atom. The fourth-order valence-corrected chi connectivity index (χ4v) is 11.5. The number of aryl methyl sites for hydroxylation is 1. The van der Waals surface area contributed by atoms with E-state index in [1.807, 2.05) is 6.92 Å². The van der Waals surface area contributed by atoms with Crippen LogP contribution in [-0.2, 0) is 25.5 Å². The second-order valence-electron chi connectivity index (χ2n) is 12.6. The van der Waals surface area contributed by atoms with E-state index >= 15 is 0 Å². The van der Waals surface area contributed by atoms with Gasteiger partial charge in [0, 0.05) is 22.9 Å². The molecule has 1 saturated heterocycles. The maximum atomic E-state index is 12.6. The summed E-state index contributed by atoms with van der Waals surface area (Å²) in [6, 6.07) is 0. The first-order valence-corrected chi connectivity index (χ1v) is 20.3. The minimum absolute atomic E-state index is 0.0323. The van der Waals surface area contributed by atoms with Crippen LogP contribution in [0.1, 0.15) is 72.1 Å². The van der Waals surface area contributed by atoms with Gasteiger partial charge in [-0.05, 0) is 64.1 Å². The lowest BCUT2D eigenvalue weighted by molar-refractivity contribution is -0.0378. The van der Waals surface area contributed by atoms with Crippen LogP contribution in [0.4, 0.5) is 0 Å². The number of aliphatic hydroxyl groups is 1. The number of aliphatic hydroxyl groups excluding tert-OH is 1. The van der Waals surface area contributed by atoms with Gasteiger partial charge in [-0.25, -0.2) is 4.79 Å². The van der Waals surface area contributed by atoms with Gasteiger partial charge in [0.25, 0.3) is 5.56 Å². The number of hydrogen-bond donors (Lipinski definition) is 2. The smallest absolute Gasteiger partial charge is 0.330 e. The summed E-state index contributed by atoms with van der Waals surface area (Å²) in [7, 11) is -2.06. The van der Waals surface area contributed by atoms with Gasteiger partial charge >= 0.3 is 5.69 Å². The number of H-pyrrole nitrogens is 1. The fraction of sp³-hybridized carbons (Fsp3) is 0.769. The van der Waals surface area contributed by atoms with E-state index < -0.39 is 44.1 Å². The van der Waals surface area contributed by atoms with E-state index in [4.69, 9.17) is 25.5 Å². The molecule has 1 aliphatic carbocycles. The second kappa shape index (κ2) is 12.1. The highest BCUT2D eigenvalue weighted by Gasteiger charge is 2.44. The molecule has 3 rings (SSSR count). The summed E-state index contributed by atoms with van der Waals surface area (Å²) in [5.41, 5.74) is 0.624. The molecule has 7 atom stereocenters. The third-order valence-electron chi connectivity index (χ3n) is 8.51. The predicted molar refractivity (Wildman–Crippen MR) is 162 cm³/mol. The number of nitrogens with zero attached hydrogens (tertiary/aromatic N) is 1. The van der Waals surface area contributed by atoms with Crippen molar-refractivity contribution in [3.05, 3.63) is 44.8 Å². The van der Waals surface area contributed by atoms with E-state index in [-0.39, 0.29) is 15.9 Å². The Bertz CT molecular complexity index is 1170. The molecule has 8 nitrogen and oxygen atoms in total.